The van der Waals surface area contributed by atoms with Crippen molar-refractivity contribution in [2.24, 2.45) is 0 Å². The first-order chi connectivity index (χ1) is 18.6. The quantitative estimate of drug-likeness (QED) is 0.235. The van der Waals surface area contributed by atoms with Crippen molar-refractivity contribution in [3.05, 3.63) is 65.6 Å². The molecule has 4 aromatic rings. The number of methoxy groups -OCH3 is 1. The number of hydrogen-bond acceptors (Lipinski definition) is 7. The van der Waals surface area contributed by atoms with Crippen molar-refractivity contribution in [1.29, 1.82) is 0 Å². The molecule has 0 amide bonds. The van der Waals surface area contributed by atoms with Crippen molar-refractivity contribution in [3.8, 4) is 16.9 Å². The van der Waals surface area contributed by atoms with Crippen LogP contribution in [0.2, 0.25) is 0 Å². The van der Waals surface area contributed by atoms with Crippen LogP contribution in [-0.4, -0.2) is 46.2 Å². The predicted molar refractivity (Wildman–Crippen MR) is 140 cm³/mol. The maximum atomic E-state index is 14.7. The molecule has 1 aliphatic rings. The Bertz CT molecular complexity index is 1430. The zero-order valence-electron chi connectivity index (χ0n) is 20.9. The number of anilines is 1. The molecule has 2 N–H and O–H groups in total. The molecular formula is C27H26F5N5OS. The normalized spacial score (nSPS) is 19.2. The number of benzene rings is 1. The highest BCUT2D eigenvalue weighted by atomic mass is 32.1. The lowest BCUT2D eigenvalue weighted by atomic mass is 9.87. The molecule has 0 radical (unpaired) electrons. The van der Waals surface area contributed by atoms with Crippen LogP contribution in [0.5, 0.6) is 5.75 Å². The summed E-state index contributed by atoms with van der Waals surface area (Å²) in [5.74, 6) is -1.98. The highest BCUT2D eigenvalue weighted by Gasteiger charge is 2.41. The van der Waals surface area contributed by atoms with Gasteiger partial charge in [-0.3, -0.25) is 4.98 Å². The standard InChI is InChI=1S/C27H26F5N5OS/c1-38-21-6-18(13-33-14-21)17-4-2-16(3-5-17)12-34-19-7-20(10-26(28,29)9-19)37-24-23-8-22(11-27(30,31)32)39-25(23)36-15-35-24/h2-6,8,13-15,19-20,34H,7,9-12H2,1H3,(H,35,36,37)/t19-,20+/m1/s1. The minimum atomic E-state index is -4.35. The Balaban J connectivity index is 1.24. The molecule has 5 rings (SSSR count). The van der Waals surface area contributed by atoms with E-state index in [2.05, 4.69) is 25.6 Å². The van der Waals surface area contributed by atoms with Crippen molar-refractivity contribution >= 4 is 27.4 Å². The van der Waals surface area contributed by atoms with Crippen LogP contribution in [0.15, 0.2) is 55.1 Å². The third-order valence-electron chi connectivity index (χ3n) is 6.59. The molecule has 6 nitrogen and oxygen atoms in total. The Kier molecular flexibility index (Phi) is 7.68. The van der Waals surface area contributed by atoms with E-state index in [1.54, 1.807) is 19.5 Å². The smallest absolute Gasteiger partial charge is 0.393 e. The van der Waals surface area contributed by atoms with Gasteiger partial charge in [0.2, 0.25) is 0 Å². The van der Waals surface area contributed by atoms with Crippen LogP contribution in [0.3, 0.4) is 0 Å². The number of rotatable bonds is 8. The molecule has 1 saturated carbocycles. The van der Waals surface area contributed by atoms with E-state index in [0.717, 1.165) is 28.0 Å². The summed E-state index contributed by atoms with van der Waals surface area (Å²) in [7, 11) is 1.58. The summed E-state index contributed by atoms with van der Waals surface area (Å²) in [6.07, 6.45) is -1.09. The van der Waals surface area contributed by atoms with Gasteiger partial charge in [-0.15, -0.1) is 11.3 Å². The SMILES string of the molecule is COc1cncc(-c2ccc(CN[C@@H]3C[C@H](Nc4ncnc5sc(CC(F)(F)F)cc45)CC(F)(F)C3)cc2)c1. The van der Waals surface area contributed by atoms with Gasteiger partial charge in [0.05, 0.1) is 25.1 Å². The van der Waals surface area contributed by atoms with Gasteiger partial charge in [0, 0.05) is 48.1 Å². The third kappa shape index (κ3) is 6.99. The molecule has 0 saturated heterocycles. The molecule has 3 heterocycles. The second-order valence-electron chi connectivity index (χ2n) is 9.68. The third-order valence-corrected chi connectivity index (χ3v) is 7.63. The molecule has 1 aliphatic carbocycles. The monoisotopic (exact) mass is 563 g/mol. The summed E-state index contributed by atoms with van der Waals surface area (Å²) >= 11 is 0.926. The molecule has 1 fully saturated rings. The molecule has 0 unspecified atom stereocenters. The molecule has 0 aliphatic heterocycles. The van der Waals surface area contributed by atoms with E-state index in [-0.39, 0.29) is 23.5 Å². The largest absolute Gasteiger partial charge is 0.495 e. The molecule has 2 atom stereocenters. The van der Waals surface area contributed by atoms with Gasteiger partial charge >= 0.3 is 6.18 Å². The summed E-state index contributed by atoms with van der Waals surface area (Å²) < 4.78 is 73.1. The van der Waals surface area contributed by atoms with Crippen LogP contribution in [0.1, 0.15) is 29.7 Å². The number of ether oxygens (including phenoxy) is 1. The number of hydrogen-bond donors (Lipinski definition) is 2. The summed E-state index contributed by atoms with van der Waals surface area (Å²) in [6.45, 7) is 0.410. The number of thiophene rings is 1. The zero-order chi connectivity index (χ0) is 27.6. The Morgan fingerprint density at radius 1 is 1.03 bits per heavy atom. The van der Waals surface area contributed by atoms with Gasteiger partial charge in [-0.1, -0.05) is 24.3 Å². The topological polar surface area (TPSA) is 72.0 Å². The fourth-order valence-electron chi connectivity index (χ4n) is 4.84. The van der Waals surface area contributed by atoms with Crippen LogP contribution >= 0.6 is 11.3 Å². The Labute approximate surface area is 225 Å². The highest BCUT2D eigenvalue weighted by Crippen LogP contribution is 2.37. The number of alkyl halides is 5. The van der Waals surface area contributed by atoms with Gasteiger partial charge < -0.3 is 15.4 Å². The minimum absolute atomic E-state index is 0.100. The summed E-state index contributed by atoms with van der Waals surface area (Å²) in [6, 6.07) is 9.96. The second-order valence-corrected chi connectivity index (χ2v) is 10.8. The average molecular weight is 564 g/mol. The summed E-state index contributed by atoms with van der Waals surface area (Å²) in [5.41, 5.74) is 2.81. The zero-order valence-corrected chi connectivity index (χ0v) is 21.8. The van der Waals surface area contributed by atoms with E-state index in [1.807, 2.05) is 30.3 Å². The maximum absolute atomic E-state index is 14.7. The van der Waals surface area contributed by atoms with Crippen molar-refractivity contribution in [3.63, 3.8) is 0 Å². The number of nitrogens with one attached hydrogen (secondary N) is 2. The lowest BCUT2D eigenvalue weighted by molar-refractivity contribution is -0.126. The van der Waals surface area contributed by atoms with Crippen molar-refractivity contribution in [1.82, 2.24) is 20.3 Å². The number of aromatic nitrogens is 3. The van der Waals surface area contributed by atoms with Crippen molar-refractivity contribution < 1.29 is 26.7 Å². The lowest BCUT2D eigenvalue weighted by Gasteiger charge is -2.36. The minimum Gasteiger partial charge on any atom is -0.495 e. The predicted octanol–water partition coefficient (Wildman–Crippen LogP) is 6.62. The van der Waals surface area contributed by atoms with Crippen LogP contribution in [-0.2, 0) is 13.0 Å². The molecule has 0 bridgehead atoms. The summed E-state index contributed by atoms with van der Waals surface area (Å²) in [5, 5.41) is 6.71. The fraction of sp³-hybridized carbons (Fsp3) is 0.370. The molecule has 3 aromatic heterocycles. The number of halogens is 5. The van der Waals surface area contributed by atoms with E-state index in [9.17, 15) is 22.0 Å². The summed E-state index contributed by atoms with van der Waals surface area (Å²) in [4.78, 5) is 12.9. The first kappa shape index (κ1) is 27.2. The van der Waals surface area contributed by atoms with Crippen LogP contribution in [0.25, 0.3) is 21.3 Å². The van der Waals surface area contributed by atoms with Crippen molar-refractivity contribution in [2.75, 3.05) is 12.4 Å². The number of pyridine rings is 1. The van der Waals surface area contributed by atoms with Crippen LogP contribution in [0.4, 0.5) is 27.8 Å². The van der Waals surface area contributed by atoms with E-state index < -0.39 is 30.6 Å². The van der Waals surface area contributed by atoms with E-state index in [4.69, 9.17) is 4.74 Å². The first-order valence-electron chi connectivity index (χ1n) is 12.3. The van der Waals surface area contributed by atoms with E-state index in [1.165, 1.54) is 12.4 Å². The molecule has 206 valence electrons. The van der Waals surface area contributed by atoms with E-state index >= 15 is 0 Å². The van der Waals surface area contributed by atoms with Crippen LogP contribution < -0.4 is 15.4 Å². The van der Waals surface area contributed by atoms with E-state index in [0.29, 0.717) is 28.9 Å². The van der Waals surface area contributed by atoms with Gasteiger partial charge in [0.25, 0.3) is 5.92 Å². The molecule has 0 spiro atoms. The van der Waals surface area contributed by atoms with Gasteiger partial charge in [0.1, 0.15) is 22.7 Å². The molecule has 12 heteroatoms. The number of nitrogens with zero attached hydrogens (tertiary/aromatic N) is 3. The fourth-order valence-corrected chi connectivity index (χ4v) is 5.87. The lowest BCUT2D eigenvalue weighted by Crippen LogP contribution is -2.46. The Hall–Kier alpha value is -3.38. The Morgan fingerprint density at radius 3 is 2.54 bits per heavy atom. The van der Waals surface area contributed by atoms with Gasteiger partial charge in [-0.05, 0) is 29.7 Å². The molecule has 1 aromatic carbocycles. The van der Waals surface area contributed by atoms with Gasteiger partial charge in [-0.25, -0.2) is 18.7 Å². The Morgan fingerprint density at radius 2 is 1.79 bits per heavy atom. The molecule has 39 heavy (non-hydrogen) atoms. The van der Waals surface area contributed by atoms with Gasteiger partial charge in [0.15, 0.2) is 0 Å². The first-order valence-corrected chi connectivity index (χ1v) is 13.1. The molecular weight excluding hydrogens is 537 g/mol. The highest BCUT2D eigenvalue weighted by molar-refractivity contribution is 7.18. The van der Waals surface area contributed by atoms with Gasteiger partial charge in [-0.2, -0.15) is 13.2 Å². The van der Waals surface area contributed by atoms with Crippen molar-refractivity contribution in [2.45, 2.75) is 56.4 Å². The second kappa shape index (κ2) is 11.0. The number of fused-ring (bicyclic) bond motifs is 1. The van der Waals surface area contributed by atoms with Crippen LogP contribution in [0, 0.1) is 0 Å². The maximum Gasteiger partial charge on any atom is 0.393 e. The average Bonchev–Trinajstić information content (AvgIpc) is 3.29.